The van der Waals surface area contributed by atoms with Crippen LogP contribution in [-0.2, 0) is 12.8 Å². The number of hydrogen-bond donors (Lipinski definition) is 0. The summed E-state index contributed by atoms with van der Waals surface area (Å²) in [6.45, 7) is 6.23. The molecule has 5 nitrogen and oxygen atoms in total. The van der Waals surface area contributed by atoms with E-state index in [9.17, 15) is 0 Å². The highest BCUT2D eigenvalue weighted by Gasteiger charge is 2.19. The number of thiophene rings is 3. The summed E-state index contributed by atoms with van der Waals surface area (Å²) in [7, 11) is 0. The van der Waals surface area contributed by atoms with Gasteiger partial charge in [-0.15, -0.1) is 34.0 Å². The summed E-state index contributed by atoms with van der Waals surface area (Å²) in [5.74, 6) is 1.55. The molecule has 0 aliphatic carbocycles. The Hall–Kier alpha value is -4.18. The van der Waals surface area contributed by atoms with Gasteiger partial charge in [0, 0.05) is 19.5 Å². The fraction of sp³-hybridized carbons (Fsp3) is 0.172. The van der Waals surface area contributed by atoms with Crippen LogP contribution in [0.25, 0.3) is 43.2 Å². The molecular formula is C29H20N4OS3. The van der Waals surface area contributed by atoms with Gasteiger partial charge >= 0.3 is 0 Å². The van der Waals surface area contributed by atoms with Crippen LogP contribution in [0.5, 0.6) is 0 Å². The van der Waals surface area contributed by atoms with E-state index in [1.54, 1.807) is 34.8 Å². The van der Waals surface area contributed by atoms with Crippen molar-refractivity contribution in [3.05, 3.63) is 67.9 Å². The number of nitriles is 4. The Bertz CT molecular complexity index is 1680. The number of hydrogen-bond acceptors (Lipinski definition) is 8. The highest BCUT2D eigenvalue weighted by molar-refractivity contribution is 7.24. The number of nitrogens with zero attached hydrogens (tertiary/aromatic N) is 4. The normalized spacial score (nSPS) is 10.1. The van der Waals surface area contributed by atoms with Gasteiger partial charge in [-0.05, 0) is 78.9 Å². The predicted molar refractivity (Wildman–Crippen MR) is 151 cm³/mol. The molecule has 0 aliphatic heterocycles. The Kier molecular flexibility index (Phi) is 7.88. The van der Waals surface area contributed by atoms with E-state index in [0.717, 1.165) is 64.8 Å². The van der Waals surface area contributed by atoms with Gasteiger partial charge < -0.3 is 4.42 Å². The van der Waals surface area contributed by atoms with Gasteiger partial charge in [0.15, 0.2) is 0 Å². The van der Waals surface area contributed by atoms with E-state index in [-0.39, 0.29) is 11.1 Å². The molecule has 0 aliphatic rings. The van der Waals surface area contributed by atoms with Crippen LogP contribution in [0.3, 0.4) is 0 Å². The molecule has 0 N–H and O–H groups in total. The van der Waals surface area contributed by atoms with Crippen LogP contribution in [0.2, 0.25) is 0 Å². The third-order valence-electron chi connectivity index (χ3n) is 5.67. The van der Waals surface area contributed by atoms with Gasteiger partial charge in [-0.25, -0.2) is 0 Å². The van der Waals surface area contributed by atoms with Crippen molar-refractivity contribution < 1.29 is 4.42 Å². The molecule has 180 valence electrons. The summed E-state index contributed by atoms with van der Waals surface area (Å²) in [4.78, 5) is 6.06. The van der Waals surface area contributed by atoms with E-state index in [1.165, 1.54) is 16.9 Å². The summed E-state index contributed by atoms with van der Waals surface area (Å²) in [6, 6.07) is 17.9. The lowest BCUT2D eigenvalue weighted by molar-refractivity contribution is 0.599. The van der Waals surface area contributed by atoms with E-state index >= 15 is 0 Å². The molecule has 4 heterocycles. The molecule has 37 heavy (non-hydrogen) atoms. The number of furan rings is 1. The highest BCUT2D eigenvalue weighted by Crippen LogP contribution is 2.45. The Labute approximate surface area is 227 Å². The topological polar surface area (TPSA) is 108 Å². The van der Waals surface area contributed by atoms with Crippen molar-refractivity contribution >= 4 is 46.2 Å². The lowest BCUT2D eigenvalue weighted by atomic mass is 10.1. The van der Waals surface area contributed by atoms with Crippen LogP contribution in [0.1, 0.15) is 40.3 Å². The molecular weight excluding hydrogens is 517 g/mol. The van der Waals surface area contributed by atoms with E-state index in [1.807, 2.05) is 48.5 Å². The Morgan fingerprint density at radius 2 is 1.22 bits per heavy atom. The minimum atomic E-state index is 0.0764. The van der Waals surface area contributed by atoms with E-state index in [4.69, 9.17) is 25.5 Å². The first-order chi connectivity index (χ1) is 17.9. The van der Waals surface area contributed by atoms with Gasteiger partial charge in [-0.1, -0.05) is 13.8 Å². The van der Waals surface area contributed by atoms with Gasteiger partial charge in [-0.2, -0.15) is 21.0 Å². The summed E-state index contributed by atoms with van der Waals surface area (Å²) in [6.07, 6.45) is 4.90. The number of rotatable bonds is 7. The van der Waals surface area contributed by atoms with E-state index < -0.39 is 0 Å². The van der Waals surface area contributed by atoms with Gasteiger partial charge in [0.25, 0.3) is 0 Å². The largest absolute Gasteiger partial charge is 0.454 e. The van der Waals surface area contributed by atoms with Gasteiger partial charge in [0.05, 0.1) is 9.75 Å². The zero-order valence-corrected chi connectivity index (χ0v) is 22.8. The van der Waals surface area contributed by atoms with Crippen LogP contribution < -0.4 is 0 Å². The fourth-order valence-corrected chi connectivity index (χ4v) is 7.49. The summed E-state index contributed by atoms with van der Waals surface area (Å²) >= 11 is 4.76. The average molecular weight is 537 g/mol. The van der Waals surface area contributed by atoms with Crippen LogP contribution in [0.15, 0.2) is 45.9 Å². The molecule has 0 bridgehead atoms. The first-order valence-electron chi connectivity index (χ1n) is 11.4. The van der Waals surface area contributed by atoms with Gasteiger partial charge in [0.2, 0.25) is 0 Å². The lowest BCUT2D eigenvalue weighted by Crippen LogP contribution is -1.77. The van der Waals surface area contributed by atoms with E-state index in [0.29, 0.717) is 0 Å². The molecule has 0 saturated carbocycles. The minimum Gasteiger partial charge on any atom is -0.454 e. The summed E-state index contributed by atoms with van der Waals surface area (Å²) in [5, 5.41) is 36.4. The van der Waals surface area contributed by atoms with Crippen molar-refractivity contribution in [2.45, 2.75) is 33.6 Å². The van der Waals surface area contributed by atoms with Crippen molar-refractivity contribution in [3.63, 3.8) is 0 Å². The molecule has 0 atom stereocenters. The third-order valence-corrected chi connectivity index (χ3v) is 9.36. The smallest absolute Gasteiger partial charge is 0.145 e. The summed E-state index contributed by atoms with van der Waals surface area (Å²) < 4.78 is 6.33. The fourth-order valence-electron chi connectivity index (χ4n) is 3.87. The van der Waals surface area contributed by atoms with Crippen molar-refractivity contribution in [2.24, 2.45) is 0 Å². The molecule has 4 rings (SSSR count). The quantitative estimate of drug-likeness (QED) is 0.219. The maximum Gasteiger partial charge on any atom is 0.145 e. The number of aryl methyl sites for hydroxylation is 3. The Morgan fingerprint density at radius 3 is 1.73 bits per heavy atom. The van der Waals surface area contributed by atoms with Crippen LogP contribution in [0.4, 0.5) is 0 Å². The summed E-state index contributed by atoms with van der Waals surface area (Å²) in [5.41, 5.74) is 3.57. The molecule has 4 aromatic rings. The Balaban J connectivity index is 1.70. The van der Waals surface area contributed by atoms with Crippen molar-refractivity contribution in [3.8, 4) is 55.3 Å². The molecule has 8 heteroatoms. The second-order valence-electron chi connectivity index (χ2n) is 8.06. The minimum absolute atomic E-state index is 0.0764. The zero-order valence-electron chi connectivity index (χ0n) is 20.4. The highest BCUT2D eigenvalue weighted by atomic mass is 32.1. The maximum atomic E-state index is 9.11. The average Bonchev–Trinajstić information content (AvgIpc) is 3.70. The van der Waals surface area contributed by atoms with E-state index in [2.05, 4.69) is 26.8 Å². The van der Waals surface area contributed by atoms with Gasteiger partial charge in [0.1, 0.15) is 46.9 Å². The lowest BCUT2D eigenvalue weighted by Gasteiger charge is -1.98. The molecule has 0 unspecified atom stereocenters. The second-order valence-corrected chi connectivity index (χ2v) is 11.3. The molecule has 0 fully saturated rings. The molecule has 0 saturated heterocycles. The zero-order chi connectivity index (χ0) is 26.5. The molecule has 4 aromatic heterocycles. The standard InChI is InChI=1S/C29H20N4OS3/c1-4-20-11-22(9-18(13-30)14-31)35-28(20)25-7-6-24(34-25)27-17(3)8-26(37-27)29-21(5-2)12-23(36-29)10-19(15-32)16-33/h6-12H,4-5H2,1-3H3. The first-order valence-corrected chi connectivity index (χ1v) is 13.9. The molecule has 0 radical (unpaired) electrons. The van der Waals surface area contributed by atoms with Crippen molar-refractivity contribution in [1.82, 2.24) is 0 Å². The third kappa shape index (κ3) is 5.34. The number of allylic oxidation sites excluding steroid dienone is 2. The predicted octanol–water partition coefficient (Wildman–Crippen LogP) is 8.76. The van der Waals surface area contributed by atoms with Crippen LogP contribution >= 0.6 is 34.0 Å². The molecule has 0 amide bonds. The molecule has 0 spiro atoms. The van der Waals surface area contributed by atoms with Gasteiger partial charge in [-0.3, -0.25) is 0 Å². The Morgan fingerprint density at radius 1 is 0.730 bits per heavy atom. The maximum absolute atomic E-state index is 9.11. The SMILES string of the molecule is CCc1cc(C=C(C#N)C#N)sc1-c1ccc(-c2sc(-c3sc(C=C(C#N)C#N)cc3CC)cc2C)o1. The van der Waals surface area contributed by atoms with Crippen LogP contribution in [0, 0.1) is 52.2 Å². The monoisotopic (exact) mass is 536 g/mol. The molecule has 0 aromatic carbocycles. The van der Waals surface area contributed by atoms with Crippen LogP contribution in [-0.4, -0.2) is 0 Å². The van der Waals surface area contributed by atoms with Crippen molar-refractivity contribution in [2.75, 3.05) is 0 Å². The first kappa shape index (κ1) is 25.9. The van der Waals surface area contributed by atoms with Crippen molar-refractivity contribution in [1.29, 1.82) is 21.0 Å². The second kappa shape index (κ2) is 11.3.